The van der Waals surface area contributed by atoms with Gasteiger partial charge >= 0.3 is 0 Å². The van der Waals surface area contributed by atoms with E-state index in [9.17, 15) is 4.39 Å². The molecule has 1 aliphatic heterocycles. The van der Waals surface area contributed by atoms with Crippen molar-refractivity contribution >= 4 is 15.9 Å². The minimum Gasteiger partial charge on any atom is -0.371 e. The van der Waals surface area contributed by atoms with Crippen molar-refractivity contribution in [1.29, 1.82) is 0 Å². The summed E-state index contributed by atoms with van der Waals surface area (Å²) in [4.78, 5) is 0. The highest BCUT2D eigenvalue weighted by Crippen LogP contribution is 2.31. The van der Waals surface area contributed by atoms with Gasteiger partial charge in [0.2, 0.25) is 0 Å². The Morgan fingerprint density at radius 1 is 1.53 bits per heavy atom. The average Bonchev–Trinajstić information content (AvgIpc) is 2.26. The first-order valence-corrected chi connectivity index (χ1v) is 5.76. The molecular formula is C11H13BrFNO. The SMILES string of the molecule is Cc1ccc(F)c(C2CNCCO2)c1Br. The first-order chi connectivity index (χ1) is 7.20. The van der Waals surface area contributed by atoms with Gasteiger partial charge in [-0.1, -0.05) is 22.0 Å². The zero-order valence-corrected chi connectivity index (χ0v) is 10.1. The van der Waals surface area contributed by atoms with Gasteiger partial charge in [0.05, 0.1) is 12.7 Å². The van der Waals surface area contributed by atoms with Gasteiger partial charge in [0.25, 0.3) is 0 Å². The number of morpholine rings is 1. The topological polar surface area (TPSA) is 21.3 Å². The second-order valence-corrected chi connectivity index (χ2v) is 4.45. The molecule has 1 heterocycles. The van der Waals surface area contributed by atoms with Gasteiger partial charge in [0.15, 0.2) is 0 Å². The van der Waals surface area contributed by atoms with Crippen LogP contribution in [0.15, 0.2) is 16.6 Å². The summed E-state index contributed by atoms with van der Waals surface area (Å²) in [7, 11) is 0. The van der Waals surface area contributed by atoms with Crippen LogP contribution in [0.2, 0.25) is 0 Å². The van der Waals surface area contributed by atoms with Gasteiger partial charge in [-0.15, -0.1) is 0 Å². The fourth-order valence-electron chi connectivity index (χ4n) is 1.72. The van der Waals surface area contributed by atoms with E-state index in [2.05, 4.69) is 21.2 Å². The first kappa shape index (κ1) is 11.0. The van der Waals surface area contributed by atoms with E-state index in [1.807, 2.05) is 6.92 Å². The van der Waals surface area contributed by atoms with Crippen LogP contribution in [-0.2, 0) is 4.74 Å². The molecule has 0 aromatic heterocycles. The lowest BCUT2D eigenvalue weighted by molar-refractivity contribution is 0.0250. The molecular weight excluding hydrogens is 261 g/mol. The number of benzene rings is 1. The molecule has 1 atom stereocenters. The van der Waals surface area contributed by atoms with E-state index in [4.69, 9.17) is 4.74 Å². The largest absolute Gasteiger partial charge is 0.371 e. The predicted molar refractivity (Wildman–Crippen MR) is 60.4 cm³/mol. The van der Waals surface area contributed by atoms with Crippen molar-refractivity contribution in [3.05, 3.63) is 33.5 Å². The monoisotopic (exact) mass is 273 g/mol. The second-order valence-electron chi connectivity index (χ2n) is 3.66. The van der Waals surface area contributed by atoms with Gasteiger partial charge in [0.1, 0.15) is 5.82 Å². The van der Waals surface area contributed by atoms with Crippen LogP contribution in [0.5, 0.6) is 0 Å². The third-order valence-electron chi connectivity index (χ3n) is 2.57. The zero-order chi connectivity index (χ0) is 10.8. The molecule has 2 rings (SSSR count). The lowest BCUT2D eigenvalue weighted by atomic mass is 10.0. The van der Waals surface area contributed by atoms with Gasteiger partial charge in [-0.2, -0.15) is 0 Å². The molecule has 1 aromatic rings. The molecule has 0 amide bonds. The molecule has 0 spiro atoms. The fraction of sp³-hybridized carbons (Fsp3) is 0.455. The zero-order valence-electron chi connectivity index (χ0n) is 8.52. The molecule has 0 aliphatic carbocycles. The number of halogens is 2. The van der Waals surface area contributed by atoms with E-state index in [1.54, 1.807) is 6.07 Å². The number of hydrogen-bond donors (Lipinski definition) is 1. The van der Waals surface area contributed by atoms with Crippen molar-refractivity contribution in [3.8, 4) is 0 Å². The maximum absolute atomic E-state index is 13.7. The molecule has 1 aromatic carbocycles. The van der Waals surface area contributed by atoms with E-state index >= 15 is 0 Å². The van der Waals surface area contributed by atoms with Crippen molar-refractivity contribution < 1.29 is 9.13 Å². The van der Waals surface area contributed by atoms with Gasteiger partial charge in [-0.3, -0.25) is 0 Å². The van der Waals surface area contributed by atoms with E-state index in [-0.39, 0.29) is 11.9 Å². The fourth-order valence-corrected chi connectivity index (χ4v) is 2.30. The van der Waals surface area contributed by atoms with Crippen molar-refractivity contribution in [2.24, 2.45) is 0 Å². The molecule has 1 saturated heterocycles. The third kappa shape index (κ3) is 2.22. The van der Waals surface area contributed by atoms with E-state index in [0.717, 1.165) is 16.6 Å². The number of aryl methyl sites for hydroxylation is 1. The van der Waals surface area contributed by atoms with Crippen LogP contribution >= 0.6 is 15.9 Å². The highest BCUT2D eigenvalue weighted by molar-refractivity contribution is 9.10. The van der Waals surface area contributed by atoms with E-state index < -0.39 is 0 Å². The Labute approximate surface area is 96.9 Å². The summed E-state index contributed by atoms with van der Waals surface area (Å²) in [5, 5.41) is 3.19. The second kappa shape index (κ2) is 4.60. The molecule has 15 heavy (non-hydrogen) atoms. The summed E-state index contributed by atoms with van der Waals surface area (Å²) < 4.78 is 20.0. The third-order valence-corrected chi connectivity index (χ3v) is 3.62. The Kier molecular flexibility index (Phi) is 3.38. The molecule has 1 aliphatic rings. The highest BCUT2D eigenvalue weighted by Gasteiger charge is 2.22. The first-order valence-electron chi connectivity index (χ1n) is 4.97. The van der Waals surface area contributed by atoms with Crippen LogP contribution in [0, 0.1) is 12.7 Å². The summed E-state index contributed by atoms with van der Waals surface area (Å²) in [6, 6.07) is 3.26. The van der Waals surface area contributed by atoms with Crippen LogP contribution < -0.4 is 5.32 Å². The summed E-state index contributed by atoms with van der Waals surface area (Å²) >= 11 is 3.42. The summed E-state index contributed by atoms with van der Waals surface area (Å²) in [5.74, 6) is -0.207. The van der Waals surface area contributed by atoms with Crippen LogP contribution in [-0.4, -0.2) is 19.7 Å². The number of ether oxygens (including phenoxy) is 1. The quantitative estimate of drug-likeness (QED) is 0.849. The molecule has 0 saturated carbocycles. The molecule has 1 unspecified atom stereocenters. The van der Waals surface area contributed by atoms with Gasteiger partial charge in [-0.05, 0) is 18.6 Å². The molecule has 2 nitrogen and oxygen atoms in total. The molecule has 1 fully saturated rings. The lowest BCUT2D eigenvalue weighted by Gasteiger charge is -2.25. The number of hydrogen-bond acceptors (Lipinski definition) is 2. The van der Waals surface area contributed by atoms with Crippen molar-refractivity contribution in [3.63, 3.8) is 0 Å². The van der Waals surface area contributed by atoms with E-state index in [1.165, 1.54) is 6.07 Å². The Bertz CT molecular complexity index is 364. The molecule has 1 N–H and O–H groups in total. The standard InChI is InChI=1S/C11H13BrFNO/c1-7-2-3-8(13)10(11(7)12)9-6-14-4-5-15-9/h2-3,9,14H,4-6H2,1H3. The Morgan fingerprint density at radius 3 is 3.00 bits per heavy atom. The summed E-state index contributed by atoms with van der Waals surface area (Å²) in [5.41, 5.74) is 1.66. The number of rotatable bonds is 1. The summed E-state index contributed by atoms with van der Waals surface area (Å²) in [6.45, 7) is 4.08. The average molecular weight is 274 g/mol. The Morgan fingerprint density at radius 2 is 2.33 bits per heavy atom. The maximum Gasteiger partial charge on any atom is 0.130 e. The van der Waals surface area contributed by atoms with Crippen LogP contribution in [0.1, 0.15) is 17.2 Å². The Balaban J connectivity index is 2.36. The number of nitrogens with one attached hydrogen (secondary N) is 1. The van der Waals surface area contributed by atoms with E-state index in [0.29, 0.717) is 18.7 Å². The van der Waals surface area contributed by atoms with Crippen LogP contribution in [0.3, 0.4) is 0 Å². The molecule has 82 valence electrons. The minimum atomic E-state index is -0.207. The highest BCUT2D eigenvalue weighted by atomic mass is 79.9. The van der Waals surface area contributed by atoms with Crippen molar-refractivity contribution in [2.45, 2.75) is 13.0 Å². The summed E-state index contributed by atoms with van der Waals surface area (Å²) in [6.07, 6.45) is -0.187. The Hall–Kier alpha value is -0.450. The minimum absolute atomic E-state index is 0.187. The van der Waals surface area contributed by atoms with Crippen molar-refractivity contribution in [1.82, 2.24) is 5.32 Å². The molecule has 4 heteroatoms. The smallest absolute Gasteiger partial charge is 0.130 e. The van der Waals surface area contributed by atoms with Gasteiger partial charge in [0, 0.05) is 23.1 Å². The molecule has 0 radical (unpaired) electrons. The van der Waals surface area contributed by atoms with Crippen LogP contribution in [0.25, 0.3) is 0 Å². The molecule has 0 bridgehead atoms. The normalized spacial score (nSPS) is 21.7. The maximum atomic E-state index is 13.7. The lowest BCUT2D eigenvalue weighted by Crippen LogP contribution is -2.34. The van der Waals surface area contributed by atoms with Gasteiger partial charge < -0.3 is 10.1 Å². The van der Waals surface area contributed by atoms with Gasteiger partial charge in [-0.25, -0.2) is 4.39 Å². The van der Waals surface area contributed by atoms with Crippen molar-refractivity contribution in [2.75, 3.05) is 19.7 Å². The predicted octanol–water partition coefficient (Wildman–Crippen LogP) is 2.56. The van der Waals surface area contributed by atoms with Crippen LogP contribution in [0.4, 0.5) is 4.39 Å².